The summed E-state index contributed by atoms with van der Waals surface area (Å²) in [4.78, 5) is 24.2. The van der Waals surface area contributed by atoms with Gasteiger partial charge in [-0.05, 0) is 19.8 Å². The highest BCUT2D eigenvalue weighted by molar-refractivity contribution is 5.87. The standard InChI is InChI=1S/C11H17F2NO4/c1-11(10(16)17)4-2-5-14(11)9(15)3-6-18-7-8(12)13/h8H,2-7H2,1H3,(H,16,17). The maximum atomic E-state index is 11.8. The molecule has 1 N–H and O–H groups in total. The van der Waals surface area contributed by atoms with Crippen LogP contribution in [0.1, 0.15) is 26.2 Å². The number of alkyl halides is 2. The largest absolute Gasteiger partial charge is 0.480 e. The number of ether oxygens (including phenoxy) is 1. The first-order valence-electron chi connectivity index (χ1n) is 5.77. The Hall–Kier alpha value is -1.24. The smallest absolute Gasteiger partial charge is 0.329 e. The molecule has 1 saturated heterocycles. The number of carbonyl (C=O) groups is 2. The Balaban J connectivity index is 2.44. The number of halogens is 2. The fourth-order valence-electron chi connectivity index (χ4n) is 2.05. The molecule has 1 heterocycles. The van der Waals surface area contributed by atoms with E-state index >= 15 is 0 Å². The van der Waals surface area contributed by atoms with Crippen molar-refractivity contribution in [2.75, 3.05) is 19.8 Å². The number of carbonyl (C=O) groups excluding carboxylic acids is 1. The summed E-state index contributed by atoms with van der Waals surface area (Å²) in [6.07, 6.45) is -1.59. The van der Waals surface area contributed by atoms with Gasteiger partial charge in [0.25, 0.3) is 6.43 Å². The molecule has 0 bridgehead atoms. The second-order valence-electron chi connectivity index (χ2n) is 4.44. The van der Waals surface area contributed by atoms with Gasteiger partial charge in [-0.3, -0.25) is 4.79 Å². The Morgan fingerprint density at radius 2 is 2.17 bits per heavy atom. The summed E-state index contributed by atoms with van der Waals surface area (Å²) < 4.78 is 28.2. The van der Waals surface area contributed by atoms with Gasteiger partial charge in [0.05, 0.1) is 13.0 Å². The van der Waals surface area contributed by atoms with E-state index in [1.165, 1.54) is 11.8 Å². The van der Waals surface area contributed by atoms with E-state index in [-0.39, 0.29) is 18.9 Å². The van der Waals surface area contributed by atoms with Gasteiger partial charge in [0.1, 0.15) is 12.1 Å². The Kier molecular flexibility index (Phi) is 5.01. The molecule has 104 valence electrons. The van der Waals surface area contributed by atoms with E-state index in [0.717, 1.165) is 0 Å². The average Bonchev–Trinajstić information content (AvgIpc) is 2.67. The number of amides is 1. The molecule has 1 aliphatic rings. The van der Waals surface area contributed by atoms with Crippen LogP contribution in [0.5, 0.6) is 0 Å². The molecule has 0 aromatic carbocycles. The van der Waals surface area contributed by atoms with Gasteiger partial charge in [-0.1, -0.05) is 0 Å². The Labute approximate surface area is 104 Å². The van der Waals surface area contributed by atoms with Crippen LogP contribution in [-0.4, -0.2) is 53.6 Å². The maximum Gasteiger partial charge on any atom is 0.329 e. The van der Waals surface area contributed by atoms with Gasteiger partial charge in [-0.15, -0.1) is 0 Å². The molecule has 0 saturated carbocycles. The van der Waals surface area contributed by atoms with Crippen LogP contribution in [0.3, 0.4) is 0 Å². The molecule has 1 fully saturated rings. The molecule has 1 atom stereocenters. The lowest BCUT2D eigenvalue weighted by molar-refractivity contribution is -0.155. The molecular formula is C11H17F2NO4. The first-order chi connectivity index (χ1) is 8.38. The summed E-state index contributed by atoms with van der Waals surface area (Å²) in [5, 5.41) is 9.11. The van der Waals surface area contributed by atoms with E-state index in [0.29, 0.717) is 19.4 Å². The van der Waals surface area contributed by atoms with Crippen molar-refractivity contribution in [2.45, 2.75) is 38.2 Å². The van der Waals surface area contributed by atoms with E-state index in [4.69, 9.17) is 5.11 Å². The first-order valence-corrected chi connectivity index (χ1v) is 5.77. The van der Waals surface area contributed by atoms with E-state index in [1.807, 2.05) is 0 Å². The van der Waals surface area contributed by atoms with Gasteiger partial charge in [0, 0.05) is 6.54 Å². The molecule has 0 aromatic heterocycles. The van der Waals surface area contributed by atoms with Gasteiger partial charge in [0.15, 0.2) is 0 Å². The van der Waals surface area contributed by atoms with Gasteiger partial charge >= 0.3 is 5.97 Å². The predicted octanol–water partition coefficient (Wildman–Crippen LogP) is 1.12. The lowest BCUT2D eigenvalue weighted by Crippen LogP contribution is -2.51. The van der Waals surface area contributed by atoms with Crippen LogP contribution in [0, 0.1) is 0 Å². The summed E-state index contributed by atoms with van der Waals surface area (Å²) in [5.41, 5.74) is -1.18. The molecule has 0 aliphatic carbocycles. The fourth-order valence-corrected chi connectivity index (χ4v) is 2.05. The van der Waals surface area contributed by atoms with E-state index in [1.54, 1.807) is 0 Å². The normalized spacial score (nSPS) is 23.7. The van der Waals surface area contributed by atoms with Crippen LogP contribution in [-0.2, 0) is 14.3 Å². The second-order valence-corrected chi connectivity index (χ2v) is 4.44. The monoisotopic (exact) mass is 265 g/mol. The zero-order chi connectivity index (χ0) is 13.8. The molecule has 1 aliphatic heterocycles. The van der Waals surface area contributed by atoms with Gasteiger partial charge in [0.2, 0.25) is 5.91 Å². The highest BCUT2D eigenvalue weighted by Crippen LogP contribution is 2.29. The van der Waals surface area contributed by atoms with Crippen molar-refractivity contribution in [2.24, 2.45) is 0 Å². The molecule has 0 radical (unpaired) electrons. The Morgan fingerprint density at radius 3 is 2.72 bits per heavy atom. The SMILES string of the molecule is CC1(C(=O)O)CCCN1C(=O)CCOCC(F)F. The Bertz CT molecular complexity index is 324. The summed E-state index contributed by atoms with van der Waals surface area (Å²) in [7, 11) is 0. The highest BCUT2D eigenvalue weighted by Gasteiger charge is 2.45. The Morgan fingerprint density at radius 1 is 1.50 bits per heavy atom. The predicted molar refractivity (Wildman–Crippen MR) is 58.4 cm³/mol. The zero-order valence-electron chi connectivity index (χ0n) is 10.2. The van der Waals surface area contributed by atoms with Crippen LogP contribution < -0.4 is 0 Å². The third-order valence-electron chi connectivity index (χ3n) is 3.11. The molecule has 0 aromatic rings. The van der Waals surface area contributed by atoms with Crippen molar-refractivity contribution in [1.29, 1.82) is 0 Å². The van der Waals surface area contributed by atoms with Gasteiger partial charge in [-0.25, -0.2) is 13.6 Å². The average molecular weight is 265 g/mol. The maximum absolute atomic E-state index is 11.8. The molecular weight excluding hydrogens is 248 g/mol. The second kappa shape index (κ2) is 6.08. The minimum Gasteiger partial charge on any atom is -0.480 e. The van der Waals surface area contributed by atoms with Crippen molar-refractivity contribution in [3.8, 4) is 0 Å². The number of carboxylic acids is 1. The van der Waals surface area contributed by atoms with E-state index in [9.17, 15) is 18.4 Å². The minimum absolute atomic E-state index is 0.0738. The van der Waals surface area contributed by atoms with Crippen molar-refractivity contribution in [1.82, 2.24) is 4.90 Å². The van der Waals surface area contributed by atoms with Gasteiger partial charge < -0.3 is 14.7 Å². The van der Waals surface area contributed by atoms with Crippen molar-refractivity contribution in [3.63, 3.8) is 0 Å². The van der Waals surface area contributed by atoms with Crippen LogP contribution >= 0.6 is 0 Å². The minimum atomic E-state index is -2.56. The highest BCUT2D eigenvalue weighted by atomic mass is 19.3. The number of rotatable bonds is 6. The van der Waals surface area contributed by atoms with E-state index < -0.39 is 24.5 Å². The number of likely N-dealkylation sites (tertiary alicyclic amines) is 1. The number of nitrogens with zero attached hydrogens (tertiary/aromatic N) is 1. The number of carboxylic acid groups (broad SMARTS) is 1. The van der Waals surface area contributed by atoms with Gasteiger partial charge in [-0.2, -0.15) is 0 Å². The summed E-state index contributed by atoms with van der Waals surface area (Å²) >= 11 is 0. The van der Waals surface area contributed by atoms with Crippen molar-refractivity contribution < 1.29 is 28.2 Å². The zero-order valence-corrected chi connectivity index (χ0v) is 10.2. The fraction of sp³-hybridized carbons (Fsp3) is 0.818. The molecule has 1 rings (SSSR count). The first kappa shape index (κ1) is 14.8. The molecule has 5 nitrogen and oxygen atoms in total. The van der Waals surface area contributed by atoms with Crippen molar-refractivity contribution in [3.05, 3.63) is 0 Å². The summed E-state index contributed by atoms with van der Waals surface area (Å²) in [6.45, 7) is 1.07. The van der Waals surface area contributed by atoms with Crippen LogP contribution in [0.15, 0.2) is 0 Å². The topological polar surface area (TPSA) is 66.8 Å². The molecule has 18 heavy (non-hydrogen) atoms. The van der Waals surface area contributed by atoms with Crippen LogP contribution in [0.25, 0.3) is 0 Å². The molecule has 1 amide bonds. The quantitative estimate of drug-likeness (QED) is 0.731. The number of hydrogen-bond acceptors (Lipinski definition) is 3. The number of hydrogen-bond donors (Lipinski definition) is 1. The molecule has 1 unspecified atom stereocenters. The lowest BCUT2D eigenvalue weighted by atomic mass is 9.99. The third kappa shape index (κ3) is 3.38. The number of aliphatic carboxylic acids is 1. The summed E-state index contributed by atoms with van der Waals surface area (Å²) in [6, 6.07) is 0. The summed E-state index contributed by atoms with van der Waals surface area (Å²) in [5.74, 6) is -1.41. The third-order valence-corrected chi connectivity index (χ3v) is 3.11. The van der Waals surface area contributed by atoms with E-state index in [2.05, 4.69) is 4.74 Å². The molecule has 7 heteroatoms. The van der Waals surface area contributed by atoms with Crippen molar-refractivity contribution >= 4 is 11.9 Å². The molecule has 0 spiro atoms. The lowest BCUT2D eigenvalue weighted by Gasteiger charge is -2.31. The van der Waals surface area contributed by atoms with Crippen LogP contribution in [0.2, 0.25) is 0 Å². The van der Waals surface area contributed by atoms with Crippen LogP contribution in [0.4, 0.5) is 8.78 Å².